The van der Waals surface area contributed by atoms with Gasteiger partial charge in [0.05, 0.1) is 41.5 Å². The lowest BCUT2D eigenvalue weighted by Gasteiger charge is -2.31. The zero-order valence-electron chi connectivity index (χ0n) is 28.8. The van der Waals surface area contributed by atoms with Crippen molar-refractivity contribution in [1.29, 1.82) is 0 Å². The second-order valence-corrected chi connectivity index (χ2v) is 17.6. The zero-order valence-corrected chi connectivity index (χ0v) is 29.8. The molecule has 6 rings (SSSR count). The van der Waals surface area contributed by atoms with Gasteiger partial charge < -0.3 is 29.3 Å². The Morgan fingerprint density at radius 1 is 1.16 bits per heavy atom. The summed E-state index contributed by atoms with van der Waals surface area (Å²) in [6.07, 6.45) is 0.0860. The third-order valence-corrected chi connectivity index (χ3v) is 12.5. The van der Waals surface area contributed by atoms with Crippen LogP contribution in [0.5, 0.6) is 0 Å². The summed E-state index contributed by atoms with van der Waals surface area (Å²) >= 11 is 0. The number of benzene rings is 3. The molecule has 3 N–H and O–H groups in total. The number of non-ortho nitro benzene ring substituents is 1. The summed E-state index contributed by atoms with van der Waals surface area (Å²) < 4.78 is 24.8. The predicted octanol–water partition coefficient (Wildman–Crippen LogP) is 5.04. The smallest absolute Gasteiger partial charge is 0.269 e. The Morgan fingerprint density at radius 2 is 1.90 bits per heavy atom. The molecule has 3 aromatic carbocycles. The molecule has 1 saturated heterocycles. The number of halogens is 1. The summed E-state index contributed by atoms with van der Waals surface area (Å²) in [5.41, 5.74) is 0.718. The van der Waals surface area contributed by atoms with Gasteiger partial charge in [-0.25, -0.2) is 0 Å². The summed E-state index contributed by atoms with van der Waals surface area (Å²) in [4.78, 5) is 39.8. The van der Waals surface area contributed by atoms with Crippen molar-refractivity contribution in [2.75, 3.05) is 16.8 Å². The highest BCUT2D eigenvalue weighted by Crippen LogP contribution is 2.60. The molecule has 3 heterocycles. The maximum Gasteiger partial charge on any atom is 0.269 e. The number of aryl methyl sites for hydroxylation is 1. The fourth-order valence-electron chi connectivity index (χ4n) is 7.65. The molecule has 2 aliphatic rings. The van der Waals surface area contributed by atoms with Crippen molar-refractivity contribution in [2.24, 2.45) is 5.92 Å². The van der Waals surface area contributed by atoms with Gasteiger partial charge >= 0.3 is 0 Å². The number of aromatic nitrogens is 3. The van der Waals surface area contributed by atoms with Gasteiger partial charge in [0.1, 0.15) is 6.10 Å². The van der Waals surface area contributed by atoms with Crippen molar-refractivity contribution >= 4 is 37.3 Å². The molecule has 4 aromatic rings. The molecule has 1 aromatic heterocycles. The van der Waals surface area contributed by atoms with Crippen LogP contribution < -0.4 is 10.2 Å². The van der Waals surface area contributed by atoms with Gasteiger partial charge in [-0.05, 0) is 55.8 Å². The first-order valence-corrected chi connectivity index (χ1v) is 19.8. The summed E-state index contributed by atoms with van der Waals surface area (Å²) in [5, 5.41) is 42.9. The molecule has 1 spiro atoms. The van der Waals surface area contributed by atoms with Crippen LogP contribution in [0.25, 0.3) is 0 Å². The van der Waals surface area contributed by atoms with Gasteiger partial charge in [0.2, 0.25) is 8.41 Å². The minimum absolute atomic E-state index is 0.0425. The number of anilines is 2. The fraction of sp³-hybridized carbons (Fsp3) is 0.389. The number of fused-ring (bicyclic) bond motifs is 2. The second-order valence-electron chi connectivity index (χ2n) is 13.8. The normalized spacial score (nSPS) is 22.6. The van der Waals surface area contributed by atoms with Crippen molar-refractivity contribution in [2.45, 2.75) is 75.7 Å². The van der Waals surface area contributed by atoms with Crippen molar-refractivity contribution in [3.63, 3.8) is 0 Å². The number of nitrogens with zero attached hydrogens (tertiary/aromatic N) is 5. The lowest BCUT2D eigenvalue weighted by Crippen LogP contribution is -2.45. The van der Waals surface area contributed by atoms with E-state index >= 15 is 4.11 Å². The highest BCUT2D eigenvalue weighted by atomic mass is 28.4. The Balaban J connectivity index is 1.32. The average molecular weight is 717 g/mol. The maximum absolute atomic E-state index is 16.4. The molecule has 0 aliphatic carbocycles. The van der Waals surface area contributed by atoms with Gasteiger partial charge in [-0.15, -0.1) is 5.10 Å². The molecular weight excluding hydrogens is 676 g/mol. The quantitative estimate of drug-likeness (QED) is 0.0786. The number of amides is 2. The maximum atomic E-state index is 16.4. The molecule has 51 heavy (non-hydrogen) atoms. The van der Waals surface area contributed by atoms with Crippen LogP contribution in [-0.4, -0.2) is 69.2 Å². The first-order chi connectivity index (χ1) is 24.2. The zero-order chi connectivity index (χ0) is 36.7. The molecule has 0 radical (unpaired) electrons. The van der Waals surface area contributed by atoms with E-state index in [2.05, 4.69) is 15.6 Å². The van der Waals surface area contributed by atoms with Gasteiger partial charge in [0.15, 0.2) is 5.60 Å². The predicted molar refractivity (Wildman–Crippen MR) is 189 cm³/mol. The molecule has 1 unspecified atom stereocenters. The van der Waals surface area contributed by atoms with Crippen LogP contribution >= 0.6 is 0 Å². The average Bonchev–Trinajstić information content (AvgIpc) is 3.74. The second kappa shape index (κ2) is 14.1. The van der Waals surface area contributed by atoms with Gasteiger partial charge in [-0.2, -0.15) is 0 Å². The molecule has 15 heteroatoms. The summed E-state index contributed by atoms with van der Waals surface area (Å²) in [7, 11) is -3.53. The number of nitrogens with one attached hydrogen (secondary N) is 1. The largest absolute Gasteiger partial charge is 0.395 e. The number of aliphatic hydroxyl groups is 2. The molecule has 268 valence electrons. The molecule has 2 amide bonds. The van der Waals surface area contributed by atoms with E-state index in [1.54, 1.807) is 55.2 Å². The Kier molecular flexibility index (Phi) is 9.92. The van der Waals surface area contributed by atoms with E-state index < -0.39 is 54.4 Å². The van der Waals surface area contributed by atoms with E-state index in [-0.39, 0.29) is 31.2 Å². The standard InChI is InChI=1S/C36H41FN6O7Si/c1-22-33(51(3,4)37)32(15-16-41-20-30(39-40-41)28(21-44)25-10-6-5-7-11-25)50-36(22)29-18-27(43(48)49)13-14-31(29)42(35(36)47)19-24-9-8-12-26(17-24)38-34(46)23(2)45/h5-14,17-18,20,22-23,28,32-33,44-45H,15-16,19,21H2,1-4H3,(H,38,46)/t22-,23-,28?,32+,33-,36+/m0/s1. The highest BCUT2D eigenvalue weighted by molar-refractivity contribution is 6.72. The van der Waals surface area contributed by atoms with E-state index in [1.807, 2.05) is 30.3 Å². The molecule has 6 atom stereocenters. The molecule has 0 saturated carbocycles. The van der Waals surface area contributed by atoms with Crippen LogP contribution in [0, 0.1) is 16.0 Å². The Morgan fingerprint density at radius 3 is 2.57 bits per heavy atom. The van der Waals surface area contributed by atoms with E-state index in [9.17, 15) is 29.9 Å². The van der Waals surface area contributed by atoms with Crippen LogP contribution in [-0.2, 0) is 33.0 Å². The van der Waals surface area contributed by atoms with Gasteiger partial charge in [0.25, 0.3) is 17.5 Å². The Hall–Kier alpha value is -4.83. The minimum atomic E-state index is -3.53. The van der Waals surface area contributed by atoms with E-state index in [0.717, 1.165) is 5.56 Å². The fourth-order valence-corrected chi connectivity index (χ4v) is 10.2. The summed E-state index contributed by atoms with van der Waals surface area (Å²) in [5.74, 6) is -2.09. The number of ether oxygens (including phenoxy) is 1. The van der Waals surface area contributed by atoms with Crippen molar-refractivity contribution < 1.29 is 33.6 Å². The first-order valence-electron chi connectivity index (χ1n) is 16.9. The SMILES string of the molecule is C[C@H](O)C(=O)Nc1cccc(CN2C(=O)[C@]3(O[C@H](CCn4cc(C(CO)c5ccccc5)nn4)[C@@H]([Si](C)(C)F)[C@@H]3C)c3cc([N+](=O)[O-])ccc32)c1. The van der Waals surface area contributed by atoms with Gasteiger partial charge in [0, 0.05) is 47.6 Å². The number of carbonyl (C=O) groups excluding carboxylic acids is 2. The van der Waals surface area contributed by atoms with Gasteiger partial charge in [-0.3, -0.25) is 24.4 Å². The van der Waals surface area contributed by atoms with Crippen molar-refractivity contribution in [3.05, 3.63) is 111 Å². The number of hydrogen-bond acceptors (Lipinski definition) is 9. The minimum Gasteiger partial charge on any atom is -0.395 e. The van der Waals surface area contributed by atoms with E-state index in [0.29, 0.717) is 34.7 Å². The molecule has 0 bridgehead atoms. The molecule has 1 fully saturated rings. The van der Waals surface area contributed by atoms with Crippen molar-refractivity contribution in [1.82, 2.24) is 15.0 Å². The van der Waals surface area contributed by atoms with Crippen LogP contribution in [0.2, 0.25) is 18.6 Å². The van der Waals surface area contributed by atoms with Crippen LogP contribution in [0.1, 0.15) is 48.6 Å². The third-order valence-electron chi connectivity index (χ3n) is 10.0. The number of nitro benzene ring substituents is 1. The topological polar surface area (TPSA) is 173 Å². The van der Waals surface area contributed by atoms with Crippen LogP contribution in [0.3, 0.4) is 0 Å². The highest BCUT2D eigenvalue weighted by Gasteiger charge is 2.66. The van der Waals surface area contributed by atoms with Gasteiger partial charge in [-0.1, -0.05) is 54.6 Å². The lowest BCUT2D eigenvalue weighted by molar-refractivity contribution is -0.385. The lowest BCUT2D eigenvalue weighted by atomic mass is 9.82. The van der Waals surface area contributed by atoms with Crippen LogP contribution in [0.4, 0.5) is 21.2 Å². The Labute approximate surface area is 295 Å². The summed E-state index contributed by atoms with van der Waals surface area (Å²) in [6.45, 7) is 6.48. The number of aliphatic hydroxyl groups excluding tert-OH is 2. The third kappa shape index (κ3) is 6.81. The monoisotopic (exact) mass is 716 g/mol. The molecular formula is C36H41FN6O7Si. The first kappa shape index (κ1) is 36.0. The Bertz CT molecular complexity index is 1940. The number of nitro groups is 1. The van der Waals surface area contributed by atoms with Crippen LogP contribution in [0.15, 0.2) is 79.0 Å². The van der Waals surface area contributed by atoms with E-state index in [4.69, 9.17) is 4.74 Å². The summed E-state index contributed by atoms with van der Waals surface area (Å²) in [6, 6.07) is 20.5. The van der Waals surface area contributed by atoms with E-state index in [1.165, 1.54) is 30.0 Å². The molecule has 2 aliphatic heterocycles. The van der Waals surface area contributed by atoms with Crippen molar-refractivity contribution in [3.8, 4) is 0 Å². The number of carbonyl (C=O) groups is 2. The number of hydrogen-bond donors (Lipinski definition) is 3. The number of rotatable bonds is 12. The molecule has 13 nitrogen and oxygen atoms in total.